The molecule has 1 heterocycles. The van der Waals surface area contributed by atoms with Crippen LogP contribution in [0.1, 0.15) is 60.3 Å². The van der Waals surface area contributed by atoms with Gasteiger partial charge in [0, 0.05) is 24.2 Å². The molecule has 2 nitrogen and oxygen atoms in total. The molecule has 96 valence electrons. The summed E-state index contributed by atoms with van der Waals surface area (Å²) < 4.78 is 0. The van der Waals surface area contributed by atoms with E-state index in [0.29, 0.717) is 11.1 Å². The first kappa shape index (κ1) is 14.0. The molecular formula is C14H30N2. The van der Waals surface area contributed by atoms with Crippen molar-refractivity contribution in [3.8, 4) is 0 Å². The molecule has 1 rings (SSSR count). The topological polar surface area (TPSA) is 15.3 Å². The first-order valence-corrected chi connectivity index (χ1v) is 7.00. The quantitative estimate of drug-likeness (QED) is 0.775. The van der Waals surface area contributed by atoms with Crippen LogP contribution in [0.2, 0.25) is 0 Å². The Morgan fingerprint density at radius 3 is 2.31 bits per heavy atom. The predicted molar refractivity (Wildman–Crippen MR) is 71.9 cm³/mol. The molecule has 0 aromatic carbocycles. The van der Waals surface area contributed by atoms with E-state index in [-0.39, 0.29) is 0 Å². The van der Waals surface area contributed by atoms with Gasteiger partial charge in [0.1, 0.15) is 0 Å². The van der Waals surface area contributed by atoms with Crippen LogP contribution in [0.25, 0.3) is 0 Å². The summed E-state index contributed by atoms with van der Waals surface area (Å²) in [6.07, 6.45) is 5.08. The predicted octanol–water partition coefficient (Wildman–Crippen LogP) is 3.03. The van der Waals surface area contributed by atoms with E-state index in [9.17, 15) is 0 Å². The van der Waals surface area contributed by atoms with Crippen LogP contribution in [-0.4, -0.2) is 35.6 Å². The lowest BCUT2D eigenvalue weighted by Gasteiger charge is -2.52. The van der Waals surface area contributed by atoms with Crippen LogP contribution >= 0.6 is 0 Å². The molecule has 1 saturated heterocycles. The number of piperazine rings is 1. The molecule has 0 spiro atoms. The van der Waals surface area contributed by atoms with Gasteiger partial charge < -0.3 is 5.32 Å². The summed E-state index contributed by atoms with van der Waals surface area (Å²) in [5.41, 5.74) is 0.687. The van der Waals surface area contributed by atoms with Gasteiger partial charge in [-0.2, -0.15) is 0 Å². The minimum Gasteiger partial charge on any atom is -0.308 e. The molecule has 2 atom stereocenters. The number of unbranched alkanes of at least 4 members (excludes halogenated alkanes) is 1. The Kier molecular flexibility index (Phi) is 4.81. The molecule has 0 bridgehead atoms. The zero-order chi connectivity index (χ0) is 12.2. The number of rotatable bonds is 5. The number of nitrogens with one attached hydrogen (secondary N) is 1. The van der Waals surface area contributed by atoms with E-state index in [1.165, 1.54) is 38.8 Å². The summed E-state index contributed by atoms with van der Waals surface area (Å²) in [6.45, 7) is 15.3. The lowest BCUT2D eigenvalue weighted by molar-refractivity contribution is 0.0162. The van der Waals surface area contributed by atoms with E-state index >= 15 is 0 Å². The molecule has 0 aliphatic carbocycles. The van der Waals surface area contributed by atoms with Gasteiger partial charge in [0.25, 0.3) is 0 Å². The summed E-state index contributed by atoms with van der Waals surface area (Å²) in [5, 5.41) is 3.75. The average molecular weight is 226 g/mol. The van der Waals surface area contributed by atoms with Crippen molar-refractivity contribution in [2.75, 3.05) is 19.6 Å². The largest absolute Gasteiger partial charge is 0.308 e. The van der Waals surface area contributed by atoms with Crippen molar-refractivity contribution >= 4 is 0 Å². The Morgan fingerprint density at radius 1 is 1.12 bits per heavy atom. The summed E-state index contributed by atoms with van der Waals surface area (Å²) >= 11 is 0. The Morgan fingerprint density at radius 2 is 1.81 bits per heavy atom. The van der Waals surface area contributed by atoms with Gasteiger partial charge in [0.15, 0.2) is 0 Å². The molecule has 0 saturated carbocycles. The van der Waals surface area contributed by atoms with E-state index in [0.717, 1.165) is 6.54 Å². The van der Waals surface area contributed by atoms with Crippen LogP contribution < -0.4 is 5.32 Å². The normalized spacial score (nSPS) is 36.6. The van der Waals surface area contributed by atoms with Gasteiger partial charge in [-0.05, 0) is 39.7 Å². The zero-order valence-electron chi connectivity index (χ0n) is 11.9. The van der Waals surface area contributed by atoms with Gasteiger partial charge in [-0.25, -0.2) is 0 Å². The van der Waals surface area contributed by atoms with Crippen molar-refractivity contribution in [1.29, 1.82) is 0 Å². The van der Waals surface area contributed by atoms with Crippen LogP contribution in [0.4, 0.5) is 0 Å². The van der Waals surface area contributed by atoms with E-state index in [4.69, 9.17) is 0 Å². The molecule has 1 N–H and O–H groups in total. The first-order chi connectivity index (χ1) is 7.49. The smallest absolute Gasteiger partial charge is 0.0304 e. The van der Waals surface area contributed by atoms with Crippen molar-refractivity contribution in [3.63, 3.8) is 0 Å². The van der Waals surface area contributed by atoms with E-state index in [2.05, 4.69) is 44.8 Å². The fourth-order valence-electron chi connectivity index (χ4n) is 2.47. The van der Waals surface area contributed by atoms with Crippen LogP contribution in [0.3, 0.4) is 0 Å². The second-order valence-electron chi connectivity index (χ2n) is 5.89. The van der Waals surface area contributed by atoms with Gasteiger partial charge >= 0.3 is 0 Å². The summed E-state index contributed by atoms with van der Waals surface area (Å²) in [5.74, 6) is 0. The van der Waals surface area contributed by atoms with Crippen LogP contribution in [0.15, 0.2) is 0 Å². The van der Waals surface area contributed by atoms with Crippen LogP contribution in [-0.2, 0) is 0 Å². The molecule has 1 aliphatic heterocycles. The molecule has 0 radical (unpaired) electrons. The SMILES string of the molecule is CCCCN1CC(C)(CC)NCC1(C)CC. The zero-order valence-corrected chi connectivity index (χ0v) is 11.9. The molecule has 0 aromatic rings. The average Bonchev–Trinajstić information content (AvgIpc) is 2.31. The monoisotopic (exact) mass is 226 g/mol. The molecule has 2 unspecified atom stereocenters. The third-order valence-electron chi connectivity index (χ3n) is 4.52. The second-order valence-corrected chi connectivity index (χ2v) is 5.89. The molecule has 2 heteroatoms. The summed E-state index contributed by atoms with van der Waals surface area (Å²) in [7, 11) is 0. The molecule has 0 aromatic heterocycles. The highest BCUT2D eigenvalue weighted by Crippen LogP contribution is 2.28. The molecule has 1 aliphatic rings. The minimum atomic E-state index is 0.322. The first-order valence-electron chi connectivity index (χ1n) is 7.00. The van der Waals surface area contributed by atoms with Gasteiger partial charge in [-0.15, -0.1) is 0 Å². The van der Waals surface area contributed by atoms with Crippen molar-refractivity contribution in [1.82, 2.24) is 10.2 Å². The highest BCUT2D eigenvalue weighted by Gasteiger charge is 2.40. The van der Waals surface area contributed by atoms with E-state index < -0.39 is 0 Å². The van der Waals surface area contributed by atoms with E-state index in [1.807, 2.05) is 0 Å². The summed E-state index contributed by atoms with van der Waals surface area (Å²) in [4.78, 5) is 2.72. The fourth-order valence-corrected chi connectivity index (χ4v) is 2.47. The maximum atomic E-state index is 3.75. The number of hydrogen-bond acceptors (Lipinski definition) is 2. The maximum Gasteiger partial charge on any atom is 0.0304 e. The second kappa shape index (κ2) is 5.50. The maximum absolute atomic E-state index is 3.75. The van der Waals surface area contributed by atoms with Crippen molar-refractivity contribution in [2.24, 2.45) is 0 Å². The third kappa shape index (κ3) is 2.98. The number of hydrogen-bond donors (Lipinski definition) is 1. The Balaban J connectivity index is 2.69. The lowest BCUT2D eigenvalue weighted by atomic mass is 9.85. The van der Waals surface area contributed by atoms with Crippen molar-refractivity contribution < 1.29 is 0 Å². The van der Waals surface area contributed by atoms with Gasteiger partial charge in [0.2, 0.25) is 0 Å². The highest BCUT2D eigenvalue weighted by atomic mass is 15.3. The van der Waals surface area contributed by atoms with Crippen LogP contribution in [0, 0.1) is 0 Å². The van der Waals surface area contributed by atoms with E-state index in [1.54, 1.807) is 0 Å². The Labute approximate surface area is 102 Å². The Hall–Kier alpha value is -0.0800. The van der Waals surface area contributed by atoms with Crippen molar-refractivity contribution in [3.05, 3.63) is 0 Å². The molecule has 1 fully saturated rings. The number of nitrogens with zero attached hydrogens (tertiary/aromatic N) is 1. The highest BCUT2D eigenvalue weighted by molar-refractivity contribution is 5.00. The van der Waals surface area contributed by atoms with Crippen molar-refractivity contribution in [2.45, 2.75) is 71.4 Å². The van der Waals surface area contributed by atoms with Gasteiger partial charge in [-0.1, -0.05) is 27.2 Å². The lowest BCUT2D eigenvalue weighted by Crippen LogP contribution is -2.67. The van der Waals surface area contributed by atoms with Gasteiger partial charge in [-0.3, -0.25) is 4.90 Å². The molecule has 16 heavy (non-hydrogen) atoms. The van der Waals surface area contributed by atoms with Gasteiger partial charge in [0.05, 0.1) is 0 Å². The molecule has 0 amide bonds. The standard InChI is InChI=1S/C14H30N2/c1-6-9-10-16-12-13(4,7-2)15-11-14(16,5)8-3/h15H,6-12H2,1-5H3. The van der Waals surface area contributed by atoms with Crippen LogP contribution in [0.5, 0.6) is 0 Å². The molecular weight excluding hydrogens is 196 g/mol. The Bertz CT molecular complexity index is 217. The third-order valence-corrected chi connectivity index (χ3v) is 4.52. The summed E-state index contributed by atoms with van der Waals surface area (Å²) in [6, 6.07) is 0. The minimum absolute atomic E-state index is 0.322. The fraction of sp³-hybridized carbons (Fsp3) is 1.00.